The number of imidazole rings is 1. The molecule has 28 heavy (non-hydrogen) atoms. The van der Waals surface area contributed by atoms with E-state index in [4.69, 9.17) is 0 Å². The van der Waals surface area contributed by atoms with Crippen LogP contribution in [0.1, 0.15) is 49.1 Å². The molecule has 0 aliphatic rings. The van der Waals surface area contributed by atoms with Crippen molar-refractivity contribution < 1.29 is 5.11 Å². The Balaban J connectivity index is 1.71. The molecule has 0 spiro atoms. The second-order valence-corrected chi connectivity index (χ2v) is 7.37. The molecule has 4 nitrogen and oxygen atoms in total. The van der Waals surface area contributed by atoms with Crippen LogP contribution in [0.3, 0.4) is 0 Å². The molecule has 0 saturated carbocycles. The first-order valence-electron chi connectivity index (χ1n) is 10.2. The predicted octanol–water partition coefficient (Wildman–Crippen LogP) is 4.55. The highest BCUT2D eigenvalue weighted by molar-refractivity contribution is 5.26. The third-order valence-corrected chi connectivity index (χ3v) is 5.19. The van der Waals surface area contributed by atoms with Crippen molar-refractivity contribution in [1.82, 2.24) is 9.13 Å². The van der Waals surface area contributed by atoms with Gasteiger partial charge < -0.3 is 5.11 Å². The average molecular weight is 379 g/mol. The van der Waals surface area contributed by atoms with E-state index in [0.29, 0.717) is 12.3 Å². The largest absolute Gasteiger partial charge is 0.508 e. The number of aryl methyl sites for hydroxylation is 3. The Bertz CT molecular complexity index is 934. The summed E-state index contributed by atoms with van der Waals surface area (Å²) in [4.78, 5) is 12.9. The van der Waals surface area contributed by atoms with Crippen molar-refractivity contribution in [2.75, 3.05) is 0 Å². The molecule has 0 aliphatic heterocycles. The van der Waals surface area contributed by atoms with E-state index in [1.807, 2.05) is 27.5 Å². The number of aromatic hydroxyl groups is 1. The van der Waals surface area contributed by atoms with Crippen LogP contribution < -0.4 is 5.69 Å². The van der Waals surface area contributed by atoms with Crippen molar-refractivity contribution in [1.29, 1.82) is 0 Å². The molecule has 0 aliphatic carbocycles. The number of phenols is 1. The van der Waals surface area contributed by atoms with Crippen molar-refractivity contribution in [2.45, 2.75) is 59.0 Å². The van der Waals surface area contributed by atoms with Gasteiger partial charge >= 0.3 is 5.69 Å². The van der Waals surface area contributed by atoms with Gasteiger partial charge in [0.2, 0.25) is 0 Å². The van der Waals surface area contributed by atoms with Crippen LogP contribution in [-0.2, 0) is 32.4 Å². The van der Waals surface area contributed by atoms with Crippen molar-refractivity contribution >= 4 is 0 Å². The fourth-order valence-electron chi connectivity index (χ4n) is 3.57. The average Bonchev–Trinajstić information content (AvgIpc) is 2.99. The summed E-state index contributed by atoms with van der Waals surface area (Å²) >= 11 is 0. The van der Waals surface area contributed by atoms with Crippen LogP contribution in [0.2, 0.25) is 0 Å². The second-order valence-electron chi connectivity index (χ2n) is 7.37. The normalized spacial score (nSPS) is 11.1. The van der Waals surface area contributed by atoms with Crippen LogP contribution in [0.15, 0.2) is 59.5 Å². The van der Waals surface area contributed by atoms with Gasteiger partial charge in [-0.2, -0.15) is 0 Å². The third kappa shape index (κ3) is 4.94. The summed E-state index contributed by atoms with van der Waals surface area (Å²) < 4.78 is 3.77. The maximum Gasteiger partial charge on any atom is 0.328 e. The Morgan fingerprint density at radius 1 is 0.857 bits per heavy atom. The van der Waals surface area contributed by atoms with Gasteiger partial charge in [0.15, 0.2) is 0 Å². The van der Waals surface area contributed by atoms with Gasteiger partial charge in [0.05, 0.1) is 6.54 Å². The minimum Gasteiger partial charge on any atom is -0.508 e. The fourth-order valence-corrected chi connectivity index (χ4v) is 3.57. The standard InChI is InChI=1S/C24H30N2O2/c1-3-16-26-22(7-5-6-20-12-14-23(27)15-13-20)18-25(24(26)28)17-21-10-8-19(4-2)9-11-21/h8-15,18,27H,3-7,16-17H2,1-2H3. The summed E-state index contributed by atoms with van der Waals surface area (Å²) in [5.74, 6) is 0.296. The summed E-state index contributed by atoms with van der Waals surface area (Å²) in [6.07, 6.45) is 6.78. The first-order chi connectivity index (χ1) is 13.6. The SMILES string of the molecule is CCCn1c(CCCc2ccc(O)cc2)cn(Cc2ccc(CC)cc2)c1=O. The first-order valence-corrected chi connectivity index (χ1v) is 10.2. The number of hydrogen-bond acceptors (Lipinski definition) is 2. The number of nitrogens with zero attached hydrogens (tertiary/aromatic N) is 2. The van der Waals surface area contributed by atoms with Crippen LogP contribution in [0.25, 0.3) is 0 Å². The van der Waals surface area contributed by atoms with Crippen LogP contribution >= 0.6 is 0 Å². The second kappa shape index (κ2) is 9.45. The maximum absolute atomic E-state index is 12.9. The Morgan fingerprint density at radius 3 is 2.14 bits per heavy atom. The molecule has 148 valence electrons. The molecule has 0 fully saturated rings. The lowest BCUT2D eigenvalue weighted by Crippen LogP contribution is -2.25. The van der Waals surface area contributed by atoms with E-state index < -0.39 is 0 Å². The quantitative estimate of drug-likeness (QED) is 0.594. The fraction of sp³-hybridized carbons (Fsp3) is 0.375. The Morgan fingerprint density at radius 2 is 1.50 bits per heavy atom. The van der Waals surface area contributed by atoms with Gasteiger partial charge in [0.25, 0.3) is 0 Å². The molecule has 1 N–H and O–H groups in total. The van der Waals surface area contributed by atoms with Gasteiger partial charge in [0, 0.05) is 18.4 Å². The number of benzene rings is 2. The van der Waals surface area contributed by atoms with Crippen molar-refractivity contribution in [2.24, 2.45) is 0 Å². The zero-order valence-corrected chi connectivity index (χ0v) is 16.9. The predicted molar refractivity (Wildman–Crippen MR) is 114 cm³/mol. The van der Waals surface area contributed by atoms with Crippen LogP contribution in [0.5, 0.6) is 5.75 Å². The van der Waals surface area contributed by atoms with E-state index in [9.17, 15) is 9.90 Å². The van der Waals surface area contributed by atoms with E-state index in [-0.39, 0.29) is 5.69 Å². The van der Waals surface area contributed by atoms with Crippen molar-refractivity contribution in [3.8, 4) is 5.75 Å². The molecule has 4 heteroatoms. The number of rotatable bonds is 9. The van der Waals surface area contributed by atoms with E-state index in [1.54, 1.807) is 12.1 Å². The molecule has 0 radical (unpaired) electrons. The first kappa shape index (κ1) is 20.0. The van der Waals surface area contributed by atoms with Crippen LogP contribution in [0.4, 0.5) is 0 Å². The van der Waals surface area contributed by atoms with E-state index in [0.717, 1.165) is 49.9 Å². The maximum atomic E-state index is 12.9. The molecular formula is C24H30N2O2. The highest BCUT2D eigenvalue weighted by Crippen LogP contribution is 2.13. The van der Waals surface area contributed by atoms with E-state index in [2.05, 4.69) is 38.1 Å². The minimum atomic E-state index is 0.0843. The van der Waals surface area contributed by atoms with Gasteiger partial charge in [-0.05, 0) is 60.9 Å². The summed E-state index contributed by atoms with van der Waals surface area (Å²) in [6.45, 7) is 5.63. The lowest BCUT2D eigenvalue weighted by atomic mass is 10.1. The molecule has 1 aromatic heterocycles. The monoisotopic (exact) mass is 378 g/mol. The molecule has 1 heterocycles. The summed E-state index contributed by atoms with van der Waals surface area (Å²) in [7, 11) is 0. The molecule has 3 rings (SSSR count). The molecular weight excluding hydrogens is 348 g/mol. The van der Waals surface area contributed by atoms with Gasteiger partial charge in [-0.25, -0.2) is 4.79 Å². The minimum absolute atomic E-state index is 0.0843. The lowest BCUT2D eigenvalue weighted by Gasteiger charge is -2.06. The van der Waals surface area contributed by atoms with Crippen molar-refractivity contribution in [3.05, 3.63) is 87.6 Å². The Labute approximate surface area is 167 Å². The topological polar surface area (TPSA) is 47.2 Å². The third-order valence-electron chi connectivity index (χ3n) is 5.19. The molecule has 0 bridgehead atoms. The smallest absolute Gasteiger partial charge is 0.328 e. The van der Waals surface area contributed by atoms with Gasteiger partial charge in [-0.15, -0.1) is 0 Å². The van der Waals surface area contributed by atoms with E-state index in [1.165, 1.54) is 11.1 Å². The zero-order chi connectivity index (χ0) is 19.9. The van der Waals surface area contributed by atoms with Crippen molar-refractivity contribution in [3.63, 3.8) is 0 Å². The summed E-state index contributed by atoms with van der Waals surface area (Å²) in [5, 5.41) is 9.40. The summed E-state index contributed by atoms with van der Waals surface area (Å²) in [6, 6.07) is 15.9. The zero-order valence-electron chi connectivity index (χ0n) is 16.9. The number of phenolic OH excluding ortho intramolecular Hbond substituents is 1. The number of hydrogen-bond donors (Lipinski definition) is 1. The van der Waals surface area contributed by atoms with Crippen LogP contribution in [-0.4, -0.2) is 14.2 Å². The highest BCUT2D eigenvalue weighted by atomic mass is 16.3. The number of aromatic nitrogens is 2. The van der Waals surface area contributed by atoms with Gasteiger partial charge in [-0.3, -0.25) is 9.13 Å². The highest BCUT2D eigenvalue weighted by Gasteiger charge is 2.11. The molecule has 2 aromatic carbocycles. The Hall–Kier alpha value is -2.75. The molecule has 3 aromatic rings. The molecule has 0 unspecified atom stereocenters. The molecule has 0 amide bonds. The molecule has 0 saturated heterocycles. The van der Waals surface area contributed by atoms with Gasteiger partial charge in [-0.1, -0.05) is 50.2 Å². The lowest BCUT2D eigenvalue weighted by molar-refractivity contribution is 0.475. The molecule has 0 atom stereocenters. The van der Waals surface area contributed by atoms with Gasteiger partial charge in [0.1, 0.15) is 5.75 Å². The van der Waals surface area contributed by atoms with E-state index >= 15 is 0 Å². The summed E-state index contributed by atoms with van der Waals surface area (Å²) in [5.41, 5.74) is 4.87. The van der Waals surface area contributed by atoms with Crippen LogP contribution in [0, 0.1) is 0 Å². The Kier molecular flexibility index (Phi) is 6.75.